The Hall–Kier alpha value is -3.00. The summed E-state index contributed by atoms with van der Waals surface area (Å²) >= 11 is 0. The zero-order valence-corrected chi connectivity index (χ0v) is 17.8. The molecule has 0 atom stereocenters. The number of piperidine rings is 1. The standard InChI is InChI=1S/C24H26F2N4O2/c25-19-8-9-21(27-22(19)14-28-10-2-1-3-11-28)18-7-4-16(12-20(18)26)13-29-15-23(31)30(24(29)32)17-5-6-17/h4,7-9,12,15,17,31H,1-3,5-6,10-11,13-14H2. The third-order valence-electron chi connectivity index (χ3n) is 6.28. The van der Waals surface area contributed by atoms with Crippen LogP contribution in [0.3, 0.4) is 0 Å². The number of benzene rings is 1. The van der Waals surface area contributed by atoms with E-state index in [1.54, 1.807) is 12.1 Å². The molecule has 6 nitrogen and oxygen atoms in total. The van der Waals surface area contributed by atoms with Crippen molar-refractivity contribution in [2.75, 3.05) is 13.1 Å². The van der Waals surface area contributed by atoms with Crippen molar-refractivity contribution in [3.63, 3.8) is 0 Å². The van der Waals surface area contributed by atoms with Crippen molar-refractivity contribution >= 4 is 0 Å². The molecule has 32 heavy (non-hydrogen) atoms. The molecule has 0 radical (unpaired) electrons. The lowest BCUT2D eigenvalue weighted by molar-refractivity contribution is 0.215. The number of halogens is 2. The zero-order valence-electron chi connectivity index (χ0n) is 17.8. The third kappa shape index (κ3) is 4.19. The first-order chi connectivity index (χ1) is 15.5. The molecule has 5 rings (SSSR count). The van der Waals surface area contributed by atoms with E-state index in [9.17, 15) is 18.7 Å². The lowest BCUT2D eigenvalue weighted by atomic mass is 10.1. The summed E-state index contributed by atoms with van der Waals surface area (Å²) in [5.74, 6) is -0.925. The van der Waals surface area contributed by atoms with Gasteiger partial charge in [0.1, 0.15) is 11.6 Å². The van der Waals surface area contributed by atoms with Crippen LogP contribution < -0.4 is 5.69 Å². The molecule has 1 N–H and O–H groups in total. The molecule has 1 aromatic carbocycles. The molecule has 2 fully saturated rings. The Balaban J connectivity index is 1.37. The van der Waals surface area contributed by atoms with E-state index in [0.717, 1.165) is 38.8 Å². The van der Waals surface area contributed by atoms with Crippen molar-refractivity contribution in [1.29, 1.82) is 0 Å². The third-order valence-corrected chi connectivity index (χ3v) is 6.28. The molecule has 1 aliphatic heterocycles. The first-order valence-electron chi connectivity index (χ1n) is 11.2. The maximum atomic E-state index is 15.0. The molecule has 0 bridgehead atoms. The predicted molar refractivity (Wildman–Crippen MR) is 116 cm³/mol. The maximum Gasteiger partial charge on any atom is 0.331 e. The highest BCUT2D eigenvalue weighted by Crippen LogP contribution is 2.36. The van der Waals surface area contributed by atoms with Gasteiger partial charge in [-0.25, -0.2) is 18.6 Å². The van der Waals surface area contributed by atoms with Gasteiger partial charge in [0.05, 0.1) is 24.1 Å². The van der Waals surface area contributed by atoms with E-state index in [4.69, 9.17) is 0 Å². The maximum absolute atomic E-state index is 15.0. The number of imidazole rings is 1. The van der Waals surface area contributed by atoms with Crippen LogP contribution >= 0.6 is 0 Å². The fourth-order valence-corrected chi connectivity index (χ4v) is 4.42. The second kappa shape index (κ2) is 8.50. The molecule has 2 aliphatic rings. The number of hydrogen-bond acceptors (Lipinski definition) is 4. The van der Waals surface area contributed by atoms with Gasteiger partial charge in [0, 0.05) is 18.2 Å². The molecule has 3 heterocycles. The van der Waals surface area contributed by atoms with Crippen LogP contribution in [0.4, 0.5) is 8.78 Å². The minimum Gasteiger partial charge on any atom is -0.493 e. The molecule has 1 saturated heterocycles. The quantitative estimate of drug-likeness (QED) is 0.628. The van der Waals surface area contributed by atoms with Crippen molar-refractivity contribution < 1.29 is 13.9 Å². The summed E-state index contributed by atoms with van der Waals surface area (Å²) in [6, 6.07) is 7.60. The summed E-state index contributed by atoms with van der Waals surface area (Å²) in [5.41, 5.74) is 1.31. The normalized spacial score (nSPS) is 17.1. The number of likely N-dealkylation sites (tertiary alicyclic amines) is 1. The molecule has 1 aliphatic carbocycles. The van der Waals surface area contributed by atoms with Crippen LogP contribution in [0, 0.1) is 11.6 Å². The lowest BCUT2D eigenvalue weighted by Gasteiger charge is -2.26. The van der Waals surface area contributed by atoms with Gasteiger partial charge in [-0.1, -0.05) is 12.5 Å². The summed E-state index contributed by atoms with van der Waals surface area (Å²) in [7, 11) is 0. The van der Waals surface area contributed by atoms with Crippen LogP contribution in [0.5, 0.6) is 5.88 Å². The molecule has 0 unspecified atom stereocenters. The van der Waals surface area contributed by atoms with E-state index in [1.807, 2.05) is 0 Å². The van der Waals surface area contributed by atoms with E-state index < -0.39 is 5.82 Å². The zero-order chi connectivity index (χ0) is 22.2. The summed E-state index contributed by atoms with van der Waals surface area (Å²) in [6.07, 6.45) is 6.54. The van der Waals surface area contributed by atoms with E-state index in [0.29, 0.717) is 29.1 Å². The molecule has 168 valence electrons. The van der Waals surface area contributed by atoms with Gasteiger partial charge in [-0.3, -0.25) is 14.0 Å². The van der Waals surface area contributed by atoms with Crippen molar-refractivity contribution in [3.8, 4) is 17.1 Å². The van der Waals surface area contributed by atoms with E-state index in [-0.39, 0.29) is 30.0 Å². The van der Waals surface area contributed by atoms with Crippen LogP contribution in [0.25, 0.3) is 11.3 Å². The minimum atomic E-state index is -0.482. The Bertz CT molecular complexity index is 1190. The SMILES string of the molecule is O=c1n(Cc2ccc(-c3ccc(F)c(CN4CCCCC4)n3)c(F)c2)cc(O)n1C1CC1. The van der Waals surface area contributed by atoms with Gasteiger partial charge < -0.3 is 5.11 Å². The van der Waals surface area contributed by atoms with Crippen LogP contribution in [0.2, 0.25) is 0 Å². The molecule has 1 saturated carbocycles. The minimum absolute atomic E-state index is 0.0616. The summed E-state index contributed by atoms with van der Waals surface area (Å²) < 4.78 is 32.1. The predicted octanol–water partition coefficient (Wildman–Crippen LogP) is 4.06. The monoisotopic (exact) mass is 440 g/mol. The average molecular weight is 440 g/mol. The van der Waals surface area contributed by atoms with Crippen molar-refractivity contribution in [1.82, 2.24) is 19.0 Å². The summed E-state index contributed by atoms with van der Waals surface area (Å²) in [5, 5.41) is 10.0. The first-order valence-corrected chi connectivity index (χ1v) is 11.2. The smallest absolute Gasteiger partial charge is 0.331 e. The molecule has 3 aromatic rings. The van der Waals surface area contributed by atoms with Crippen molar-refractivity contribution in [2.24, 2.45) is 0 Å². The number of aromatic nitrogens is 3. The highest BCUT2D eigenvalue weighted by molar-refractivity contribution is 5.60. The molecular weight excluding hydrogens is 414 g/mol. The Kier molecular flexibility index (Phi) is 5.55. The number of pyridine rings is 1. The van der Waals surface area contributed by atoms with E-state index in [2.05, 4.69) is 9.88 Å². The van der Waals surface area contributed by atoms with Crippen LogP contribution in [-0.4, -0.2) is 37.2 Å². The number of hydrogen-bond donors (Lipinski definition) is 1. The van der Waals surface area contributed by atoms with Crippen molar-refractivity contribution in [2.45, 2.75) is 51.2 Å². The Morgan fingerprint density at radius 2 is 1.78 bits per heavy atom. The number of rotatable bonds is 6. The lowest BCUT2D eigenvalue weighted by Crippen LogP contribution is -2.29. The topological polar surface area (TPSA) is 63.3 Å². The van der Waals surface area contributed by atoms with Crippen LogP contribution in [0.15, 0.2) is 41.3 Å². The van der Waals surface area contributed by atoms with Crippen LogP contribution in [0.1, 0.15) is 49.4 Å². The molecular formula is C24H26F2N4O2. The second-order valence-corrected chi connectivity index (χ2v) is 8.77. The highest BCUT2D eigenvalue weighted by atomic mass is 19.1. The summed E-state index contributed by atoms with van der Waals surface area (Å²) in [4.78, 5) is 19.1. The Morgan fingerprint density at radius 3 is 2.50 bits per heavy atom. The van der Waals surface area contributed by atoms with Gasteiger partial charge in [-0.15, -0.1) is 0 Å². The van der Waals surface area contributed by atoms with Crippen LogP contribution in [-0.2, 0) is 13.1 Å². The van der Waals surface area contributed by atoms with Gasteiger partial charge in [0.15, 0.2) is 0 Å². The molecule has 0 spiro atoms. The highest BCUT2D eigenvalue weighted by Gasteiger charge is 2.29. The first kappa shape index (κ1) is 20.9. The van der Waals surface area contributed by atoms with E-state index >= 15 is 0 Å². The Morgan fingerprint density at radius 1 is 1.00 bits per heavy atom. The van der Waals surface area contributed by atoms with Gasteiger partial charge in [0.25, 0.3) is 0 Å². The van der Waals surface area contributed by atoms with Gasteiger partial charge >= 0.3 is 5.69 Å². The fourth-order valence-electron chi connectivity index (χ4n) is 4.42. The Labute approximate surface area is 184 Å². The largest absolute Gasteiger partial charge is 0.493 e. The van der Waals surface area contributed by atoms with Crippen molar-refractivity contribution in [3.05, 3.63) is 69.9 Å². The molecule has 0 amide bonds. The second-order valence-electron chi connectivity index (χ2n) is 8.77. The average Bonchev–Trinajstić information content (AvgIpc) is 3.57. The molecule has 2 aromatic heterocycles. The van der Waals surface area contributed by atoms with Gasteiger partial charge in [-0.05, 0) is 68.6 Å². The fraction of sp³-hybridized carbons (Fsp3) is 0.417. The number of nitrogens with zero attached hydrogens (tertiary/aromatic N) is 4. The summed E-state index contributed by atoms with van der Waals surface area (Å²) in [6.45, 7) is 2.42. The van der Waals surface area contributed by atoms with Gasteiger partial charge in [0.2, 0.25) is 5.88 Å². The number of aromatic hydroxyl groups is 1. The molecule has 8 heteroatoms. The van der Waals surface area contributed by atoms with Gasteiger partial charge in [-0.2, -0.15) is 0 Å². The van der Waals surface area contributed by atoms with E-state index in [1.165, 1.54) is 40.0 Å².